The average Bonchev–Trinajstić information content (AvgIpc) is 3.33. The van der Waals surface area contributed by atoms with Gasteiger partial charge in [0.25, 0.3) is 5.56 Å². The third-order valence-electron chi connectivity index (χ3n) is 3.57. The molecular weight excluding hydrogens is 338 g/mol. The molecule has 0 unspecified atom stereocenters. The summed E-state index contributed by atoms with van der Waals surface area (Å²) in [6.07, 6.45) is 4.35. The molecule has 0 aliphatic heterocycles. The Balaban J connectivity index is 1.67. The largest absolute Gasteiger partial charge is 0.494 e. The lowest BCUT2D eigenvalue weighted by Gasteiger charge is -2.03. The summed E-state index contributed by atoms with van der Waals surface area (Å²) in [6, 6.07) is 11.2. The van der Waals surface area contributed by atoms with E-state index in [4.69, 9.17) is 9.15 Å². The van der Waals surface area contributed by atoms with E-state index in [1.807, 2.05) is 30.3 Å². The van der Waals surface area contributed by atoms with Crippen molar-refractivity contribution in [3.8, 4) is 17.3 Å². The van der Waals surface area contributed by atoms with Gasteiger partial charge < -0.3 is 9.15 Å². The lowest BCUT2D eigenvalue weighted by atomic mass is 10.2. The first-order valence-electron chi connectivity index (χ1n) is 7.92. The molecule has 0 saturated carbocycles. The molecule has 0 aliphatic carbocycles. The Morgan fingerprint density at radius 3 is 2.80 bits per heavy atom. The number of hydrogen-bond donors (Lipinski definition) is 0. The van der Waals surface area contributed by atoms with Crippen molar-refractivity contribution in [3.05, 3.63) is 63.1 Å². The van der Waals surface area contributed by atoms with E-state index in [9.17, 15) is 4.79 Å². The smallest absolute Gasteiger partial charge is 0.291 e. The summed E-state index contributed by atoms with van der Waals surface area (Å²) in [4.78, 5) is 17.4. The van der Waals surface area contributed by atoms with Crippen LogP contribution in [0.4, 0.5) is 0 Å². The van der Waals surface area contributed by atoms with Crippen LogP contribution in [-0.4, -0.2) is 21.2 Å². The van der Waals surface area contributed by atoms with Gasteiger partial charge in [0.15, 0.2) is 5.76 Å². The molecule has 0 fully saturated rings. The number of ether oxygens (including phenoxy) is 1. The zero-order chi connectivity index (χ0) is 17.2. The molecule has 0 aliphatic rings. The Morgan fingerprint density at radius 1 is 1.28 bits per heavy atom. The highest BCUT2D eigenvalue weighted by atomic mass is 32.1. The zero-order valence-corrected chi connectivity index (χ0v) is 14.3. The predicted octanol–water partition coefficient (Wildman–Crippen LogP) is 2.75. The van der Waals surface area contributed by atoms with Crippen LogP contribution < -0.4 is 14.8 Å². The lowest BCUT2D eigenvalue weighted by molar-refractivity contribution is 0.317. The molecule has 7 heteroatoms. The van der Waals surface area contributed by atoms with Crippen LogP contribution in [0.2, 0.25) is 0 Å². The molecule has 6 nitrogen and oxygen atoms in total. The van der Waals surface area contributed by atoms with Crippen LogP contribution in [0.1, 0.15) is 18.9 Å². The summed E-state index contributed by atoms with van der Waals surface area (Å²) in [5.74, 6) is 1.79. The number of hydrogen-bond acceptors (Lipinski definition) is 6. The number of benzene rings is 1. The number of furan rings is 1. The minimum absolute atomic E-state index is 0.184. The summed E-state index contributed by atoms with van der Waals surface area (Å²) in [7, 11) is 0. The van der Waals surface area contributed by atoms with E-state index in [0.29, 0.717) is 27.7 Å². The number of aromatic nitrogens is 3. The van der Waals surface area contributed by atoms with Crippen molar-refractivity contribution in [1.29, 1.82) is 0 Å². The van der Waals surface area contributed by atoms with Crippen molar-refractivity contribution in [2.75, 3.05) is 6.61 Å². The number of thiazole rings is 1. The first kappa shape index (κ1) is 15.6. The van der Waals surface area contributed by atoms with E-state index in [0.717, 1.165) is 17.7 Å². The first-order valence-corrected chi connectivity index (χ1v) is 8.74. The van der Waals surface area contributed by atoms with Crippen LogP contribution in [-0.2, 0) is 0 Å². The van der Waals surface area contributed by atoms with Gasteiger partial charge in [-0.15, -0.1) is 5.10 Å². The van der Waals surface area contributed by atoms with Gasteiger partial charge in [-0.1, -0.05) is 30.4 Å². The average molecular weight is 353 g/mol. The monoisotopic (exact) mass is 353 g/mol. The molecule has 0 N–H and O–H groups in total. The van der Waals surface area contributed by atoms with E-state index in [1.165, 1.54) is 15.9 Å². The second kappa shape index (κ2) is 6.52. The van der Waals surface area contributed by atoms with E-state index >= 15 is 0 Å². The zero-order valence-electron chi connectivity index (χ0n) is 13.5. The summed E-state index contributed by atoms with van der Waals surface area (Å²) >= 11 is 1.30. The van der Waals surface area contributed by atoms with Crippen molar-refractivity contribution in [1.82, 2.24) is 14.6 Å². The normalized spacial score (nSPS) is 12.1. The highest BCUT2D eigenvalue weighted by Crippen LogP contribution is 2.17. The SMILES string of the molecule is CCCOc1ccc(/C=c2/sc3nc(-c4ccco4)nn3c2=O)cc1. The highest BCUT2D eigenvalue weighted by Gasteiger charge is 2.13. The quantitative estimate of drug-likeness (QED) is 0.552. The molecule has 4 aromatic rings. The molecule has 25 heavy (non-hydrogen) atoms. The maximum atomic E-state index is 12.5. The van der Waals surface area contributed by atoms with Gasteiger partial charge in [0.05, 0.1) is 17.4 Å². The fourth-order valence-electron chi connectivity index (χ4n) is 2.38. The summed E-state index contributed by atoms with van der Waals surface area (Å²) in [5.41, 5.74) is 0.744. The maximum absolute atomic E-state index is 12.5. The van der Waals surface area contributed by atoms with Crippen molar-refractivity contribution < 1.29 is 9.15 Å². The standard InChI is InChI=1S/C18H15N3O3S/c1-2-9-23-13-7-5-12(6-8-13)11-15-17(22)21-18(25-15)19-16(20-21)14-4-3-10-24-14/h3-8,10-11H,2,9H2,1H3/b15-11+. The minimum atomic E-state index is -0.184. The van der Waals surface area contributed by atoms with Crippen LogP contribution in [0.15, 0.2) is 51.9 Å². The van der Waals surface area contributed by atoms with Crippen LogP contribution in [0.25, 0.3) is 22.6 Å². The molecule has 1 aromatic carbocycles. The Labute approximate surface area is 147 Å². The molecular formula is C18H15N3O3S. The Morgan fingerprint density at radius 2 is 2.12 bits per heavy atom. The molecule has 0 atom stereocenters. The molecule has 3 heterocycles. The molecule has 126 valence electrons. The number of fused-ring (bicyclic) bond motifs is 1. The Bertz CT molecular complexity index is 1100. The van der Waals surface area contributed by atoms with E-state index < -0.39 is 0 Å². The van der Waals surface area contributed by atoms with Gasteiger partial charge in [0, 0.05) is 0 Å². The Hall–Kier alpha value is -2.93. The molecule has 0 spiro atoms. The van der Waals surface area contributed by atoms with Gasteiger partial charge >= 0.3 is 0 Å². The van der Waals surface area contributed by atoms with Gasteiger partial charge in [-0.25, -0.2) is 0 Å². The van der Waals surface area contributed by atoms with Gasteiger partial charge in [-0.3, -0.25) is 4.79 Å². The fourth-order valence-corrected chi connectivity index (χ4v) is 3.28. The number of rotatable bonds is 5. The lowest BCUT2D eigenvalue weighted by Crippen LogP contribution is -2.23. The van der Waals surface area contributed by atoms with Crippen molar-refractivity contribution in [2.24, 2.45) is 0 Å². The fraction of sp³-hybridized carbons (Fsp3) is 0.167. The predicted molar refractivity (Wildman–Crippen MR) is 95.8 cm³/mol. The summed E-state index contributed by atoms with van der Waals surface area (Å²) < 4.78 is 12.7. The first-order chi connectivity index (χ1) is 12.2. The molecule has 0 amide bonds. The molecule has 4 rings (SSSR count). The molecule has 0 bridgehead atoms. The van der Waals surface area contributed by atoms with Crippen LogP contribution >= 0.6 is 11.3 Å². The van der Waals surface area contributed by atoms with E-state index in [1.54, 1.807) is 18.4 Å². The molecule has 0 radical (unpaired) electrons. The maximum Gasteiger partial charge on any atom is 0.291 e. The second-order valence-corrected chi connectivity index (χ2v) is 6.45. The Kier molecular flexibility index (Phi) is 4.07. The topological polar surface area (TPSA) is 69.6 Å². The van der Waals surface area contributed by atoms with Crippen molar-refractivity contribution >= 4 is 22.4 Å². The third-order valence-corrected chi connectivity index (χ3v) is 4.53. The van der Waals surface area contributed by atoms with Gasteiger partial charge in [0.1, 0.15) is 5.75 Å². The molecule has 3 aromatic heterocycles. The van der Waals surface area contributed by atoms with Gasteiger partial charge in [0.2, 0.25) is 10.8 Å². The second-order valence-electron chi connectivity index (χ2n) is 5.44. The van der Waals surface area contributed by atoms with E-state index in [-0.39, 0.29) is 5.56 Å². The van der Waals surface area contributed by atoms with Gasteiger partial charge in [-0.2, -0.15) is 9.50 Å². The minimum Gasteiger partial charge on any atom is -0.494 e. The highest BCUT2D eigenvalue weighted by molar-refractivity contribution is 7.15. The van der Waals surface area contributed by atoms with Crippen molar-refractivity contribution in [2.45, 2.75) is 13.3 Å². The van der Waals surface area contributed by atoms with Gasteiger partial charge in [-0.05, 0) is 42.3 Å². The van der Waals surface area contributed by atoms with E-state index in [2.05, 4.69) is 17.0 Å². The van der Waals surface area contributed by atoms with Crippen LogP contribution in [0, 0.1) is 0 Å². The van der Waals surface area contributed by atoms with Crippen molar-refractivity contribution in [3.63, 3.8) is 0 Å². The number of nitrogens with zero attached hydrogens (tertiary/aromatic N) is 3. The summed E-state index contributed by atoms with van der Waals surface area (Å²) in [6.45, 7) is 2.76. The molecule has 0 saturated heterocycles. The van der Waals surface area contributed by atoms with Crippen LogP contribution in [0.5, 0.6) is 5.75 Å². The summed E-state index contributed by atoms with van der Waals surface area (Å²) in [5, 5.41) is 4.23. The van der Waals surface area contributed by atoms with Crippen LogP contribution in [0.3, 0.4) is 0 Å². The third kappa shape index (κ3) is 3.06.